The summed E-state index contributed by atoms with van der Waals surface area (Å²) in [5.74, 6) is -4.68. The maximum atomic E-state index is 14.2. The zero-order valence-corrected chi connectivity index (χ0v) is 29.8. The van der Waals surface area contributed by atoms with Crippen molar-refractivity contribution in [3.63, 3.8) is 0 Å². The minimum atomic E-state index is -5.01. The van der Waals surface area contributed by atoms with Gasteiger partial charge >= 0.3 is 18.4 Å². The summed E-state index contributed by atoms with van der Waals surface area (Å²) in [6.07, 6.45) is -0.104. The summed E-state index contributed by atoms with van der Waals surface area (Å²) in [7, 11) is -3.97. The maximum Gasteiger partial charge on any atom is 0.573 e. The minimum absolute atomic E-state index is 0.0967. The Morgan fingerprint density at radius 3 is 2.44 bits per heavy atom. The van der Waals surface area contributed by atoms with Crippen LogP contribution in [0.4, 0.5) is 18.0 Å². The van der Waals surface area contributed by atoms with Crippen LogP contribution in [0.5, 0.6) is 5.75 Å². The van der Waals surface area contributed by atoms with Crippen molar-refractivity contribution in [1.82, 2.24) is 20.3 Å². The average Bonchev–Trinajstić information content (AvgIpc) is 3.95. The molecule has 0 radical (unpaired) electrons. The molecule has 18 heteroatoms. The highest BCUT2D eigenvalue weighted by Gasteiger charge is 2.62. The summed E-state index contributed by atoms with van der Waals surface area (Å²) in [6, 6.07) is 1.69. The van der Waals surface area contributed by atoms with E-state index in [9.17, 15) is 45.6 Å². The maximum absolute atomic E-state index is 14.2. The van der Waals surface area contributed by atoms with Crippen LogP contribution < -0.4 is 20.1 Å². The van der Waals surface area contributed by atoms with Gasteiger partial charge in [-0.2, -0.15) is 0 Å². The number of hydrogen-bond donors (Lipinski definition) is 3. The molecule has 4 aliphatic rings. The number of carbonyl (C=O) groups is 5. The van der Waals surface area contributed by atoms with Crippen LogP contribution in [-0.2, 0) is 33.9 Å². The largest absolute Gasteiger partial charge is 0.573 e. The number of rotatable bonds is 7. The third-order valence-corrected chi connectivity index (χ3v) is 10.9. The first-order chi connectivity index (χ1) is 24.3. The summed E-state index contributed by atoms with van der Waals surface area (Å²) in [4.78, 5) is 68.9. The fourth-order valence-corrected chi connectivity index (χ4v) is 7.70. The van der Waals surface area contributed by atoms with Crippen LogP contribution in [0.1, 0.15) is 88.9 Å². The van der Waals surface area contributed by atoms with Crippen molar-refractivity contribution in [2.24, 2.45) is 5.92 Å². The second kappa shape index (κ2) is 14.9. The van der Waals surface area contributed by atoms with Crippen LogP contribution in [0.3, 0.4) is 0 Å². The Bertz CT molecular complexity index is 1710. The third kappa shape index (κ3) is 9.95. The number of nitrogens with one attached hydrogen (secondary N) is 3. The molecule has 2 heterocycles. The number of carbonyl (C=O) groups excluding carboxylic acids is 5. The molecule has 0 aromatic heterocycles. The fraction of sp³-hybridized carbons (Fsp3) is 0.618. The Balaban J connectivity index is 1.42. The summed E-state index contributed by atoms with van der Waals surface area (Å²) in [5.41, 5.74) is -2.81. The third-order valence-electron chi connectivity index (χ3n) is 9.11. The van der Waals surface area contributed by atoms with Gasteiger partial charge in [0, 0.05) is 12.3 Å². The van der Waals surface area contributed by atoms with Crippen molar-refractivity contribution in [1.29, 1.82) is 0 Å². The summed E-state index contributed by atoms with van der Waals surface area (Å²) in [5, 5.41) is 4.59. The number of halogens is 3. The van der Waals surface area contributed by atoms with E-state index >= 15 is 0 Å². The number of esters is 1. The molecule has 2 aliphatic carbocycles. The molecular weight excluding hydrogens is 713 g/mol. The van der Waals surface area contributed by atoms with Gasteiger partial charge in [-0.05, 0) is 77.5 Å². The molecule has 5 atom stereocenters. The second-order valence-corrected chi connectivity index (χ2v) is 16.5. The number of sulfonamides is 1. The van der Waals surface area contributed by atoms with Gasteiger partial charge in [-0.25, -0.2) is 18.0 Å². The van der Waals surface area contributed by atoms with Crippen molar-refractivity contribution < 1.29 is 59.8 Å². The van der Waals surface area contributed by atoms with Crippen molar-refractivity contribution in [3.8, 4) is 5.75 Å². The molecule has 1 saturated heterocycles. The number of alkyl halides is 3. The summed E-state index contributed by atoms with van der Waals surface area (Å²) >= 11 is 0. The fourth-order valence-electron chi connectivity index (χ4n) is 6.34. The SMILES string of the molecule is CC(C)(C)OC(=O)NC1CCCCCC=CC2CC2(C(=O)NS(=O)(=O)C2CC2)NC(=O)C2CC(OC(=O)c3cccc(OC(F)(F)F)c3)CN2C1=O. The molecule has 2 saturated carbocycles. The van der Waals surface area contributed by atoms with E-state index in [2.05, 4.69) is 20.1 Å². The normalized spacial score (nSPS) is 27.2. The molecule has 2 aliphatic heterocycles. The average molecular weight is 757 g/mol. The van der Waals surface area contributed by atoms with E-state index in [1.165, 1.54) is 6.07 Å². The minimum Gasteiger partial charge on any atom is -0.457 e. The van der Waals surface area contributed by atoms with Crippen molar-refractivity contribution in [2.45, 2.75) is 119 Å². The highest BCUT2D eigenvalue weighted by Crippen LogP contribution is 2.46. The van der Waals surface area contributed by atoms with Crippen LogP contribution in [-0.4, -0.2) is 90.6 Å². The second-order valence-electron chi connectivity index (χ2n) is 14.6. The smallest absolute Gasteiger partial charge is 0.457 e. The van der Waals surface area contributed by atoms with Crippen molar-refractivity contribution in [3.05, 3.63) is 42.0 Å². The number of ether oxygens (including phenoxy) is 3. The first-order valence-electron chi connectivity index (χ1n) is 17.2. The molecule has 1 aromatic rings. The van der Waals surface area contributed by atoms with E-state index in [-0.39, 0.29) is 31.4 Å². The highest BCUT2D eigenvalue weighted by molar-refractivity contribution is 7.91. The van der Waals surface area contributed by atoms with Crippen molar-refractivity contribution >= 4 is 39.8 Å². The molecule has 3 fully saturated rings. The Morgan fingerprint density at radius 2 is 1.77 bits per heavy atom. The Hall–Kier alpha value is -4.35. The van der Waals surface area contributed by atoms with E-state index in [0.717, 1.165) is 23.1 Å². The van der Waals surface area contributed by atoms with Crippen LogP contribution >= 0.6 is 0 Å². The van der Waals surface area contributed by atoms with Gasteiger partial charge in [0.05, 0.1) is 17.4 Å². The van der Waals surface area contributed by atoms with Gasteiger partial charge in [0.25, 0.3) is 5.91 Å². The summed E-state index contributed by atoms with van der Waals surface area (Å²) in [6.45, 7) is 4.61. The van der Waals surface area contributed by atoms with E-state index < -0.39 is 92.4 Å². The zero-order chi connectivity index (χ0) is 38.1. The quantitative estimate of drug-likeness (QED) is 0.274. The van der Waals surface area contributed by atoms with E-state index in [0.29, 0.717) is 38.5 Å². The number of amides is 4. The Labute approximate surface area is 299 Å². The number of fused-ring (bicyclic) bond motifs is 2. The van der Waals surface area contributed by atoms with Gasteiger partial charge in [0.1, 0.15) is 35.1 Å². The number of alkyl carbamates (subject to hydrolysis) is 1. The topological polar surface area (TPSA) is 187 Å². The highest BCUT2D eigenvalue weighted by atomic mass is 32.2. The van der Waals surface area contributed by atoms with Gasteiger partial charge in [-0.3, -0.25) is 19.1 Å². The molecule has 14 nitrogen and oxygen atoms in total. The summed E-state index contributed by atoms with van der Waals surface area (Å²) < 4.78 is 80.8. The lowest BCUT2D eigenvalue weighted by Crippen LogP contribution is -2.58. The van der Waals surface area contributed by atoms with E-state index in [1.54, 1.807) is 26.8 Å². The van der Waals surface area contributed by atoms with Gasteiger partial charge < -0.3 is 29.7 Å². The molecule has 0 bridgehead atoms. The molecular formula is C34H43F3N4O10S. The predicted octanol–water partition coefficient (Wildman–Crippen LogP) is 3.61. The molecule has 52 heavy (non-hydrogen) atoms. The first-order valence-corrected chi connectivity index (χ1v) is 18.7. The lowest BCUT2D eigenvalue weighted by atomic mass is 10.0. The number of hydrogen-bond acceptors (Lipinski definition) is 10. The van der Waals surface area contributed by atoms with E-state index in [4.69, 9.17) is 9.47 Å². The zero-order valence-electron chi connectivity index (χ0n) is 29.0. The van der Waals surface area contributed by atoms with Crippen LogP contribution in [0.2, 0.25) is 0 Å². The number of nitrogens with zero attached hydrogens (tertiary/aromatic N) is 1. The number of benzene rings is 1. The molecule has 5 unspecified atom stereocenters. The molecule has 3 N–H and O–H groups in total. The standard InChI is InChI=1S/C34H43F3N4O10S/c1-32(2,3)51-31(46)38-25-13-8-6-4-5-7-11-21-18-33(21,30(45)40-52(47,48)24-14-15-24)39-27(42)26-17-23(19-41(26)28(25)43)49-29(44)20-10-9-12-22(16-20)50-34(35,36)37/h7,9-12,16,21,23-26H,4-6,8,13-15,17-19H2,1-3H3,(H,38,46)(H,39,42)(H,40,45). The number of allylic oxidation sites excluding steroid dienone is 1. The van der Waals surface area contributed by atoms with Gasteiger partial charge in [0.2, 0.25) is 21.8 Å². The monoisotopic (exact) mass is 756 g/mol. The Morgan fingerprint density at radius 1 is 1.04 bits per heavy atom. The molecule has 286 valence electrons. The lowest BCUT2D eigenvalue weighted by molar-refractivity contribution is -0.274. The van der Waals surface area contributed by atoms with Crippen LogP contribution in [0.15, 0.2) is 36.4 Å². The molecule has 1 aromatic carbocycles. The molecule has 4 amide bonds. The van der Waals surface area contributed by atoms with E-state index in [1.807, 2.05) is 6.08 Å². The van der Waals surface area contributed by atoms with Gasteiger partial charge in [-0.15, -0.1) is 13.2 Å². The Kier molecular flexibility index (Phi) is 11.2. The first kappa shape index (κ1) is 38.9. The van der Waals surface area contributed by atoms with Crippen LogP contribution in [0, 0.1) is 5.92 Å². The predicted molar refractivity (Wildman–Crippen MR) is 177 cm³/mol. The molecule has 0 spiro atoms. The van der Waals surface area contributed by atoms with Crippen molar-refractivity contribution in [2.75, 3.05) is 6.54 Å². The van der Waals surface area contributed by atoms with Crippen LogP contribution in [0.25, 0.3) is 0 Å². The molecule has 5 rings (SSSR count). The lowest BCUT2D eigenvalue weighted by Gasteiger charge is -2.30. The van der Waals surface area contributed by atoms with Gasteiger partial charge in [0.15, 0.2) is 0 Å². The van der Waals surface area contributed by atoms with Gasteiger partial charge in [-0.1, -0.05) is 31.1 Å².